The number of hydrazone groups is 1. The van der Waals surface area contributed by atoms with Crippen LogP contribution in [-0.2, 0) is 0 Å². The van der Waals surface area contributed by atoms with Gasteiger partial charge in [0.05, 0.1) is 0 Å². The minimum absolute atomic E-state index is 0.0421. The van der Waals surface area contributed by atoms with E-state index < -0.39 is 0 Å². The second-order valence-electron chi connectivity index (χ2n) is 5.22. The molecule has 90 valence electrons. The van der Waals surface area contributed by atoms with Gasteiger partial charge in [-0.15, -0.1) is 10.1 Å². The SMILES string of the molecule is CC1(C)C=[N+](NC(=O)c2ccccc2)CCC1. The average molecular weight is 231 g/mol. The van der Waals surface area contributed by atoms with Crippen molar-refractivity contribution in [2.75, 3.05) is 6.54 Å². The Balaban J connectivity index is 2.07. The largest absolute Gasteiger partial charge is 0.304 e. The minimum atomic E-state index is -0.0421. The molecule has 0 fully saturated rings. The van der Waals surface area contributed by atoms with Crippen LogP contribution in [0.15, 0.2) is 30.3 Å². The monoisotopic (exact) mass is 231 g/mol. The zero-order chi connectivity index (χ0) is 12.3. The molecule has 3 heteroatoms. The summed E-state index contributed by atoms with van der Waals surface area (Å²) in [6, 6.07) is 9.30. The molecule has 0 saturated heterocycles. The highest BCUT2D eigenvalue weighted by atomic mass is 16.2. The number of carbonyl (C=O) groups is 1. The van der Waals surface area contributed by atoms with E-state index in [9.17, 15) is 4.79 Å². The van der Waals surface area contributed by atoms with Gasteiger partial charge < -0.3 is 0 Å². The van der Waals surface area contributed by atoms with E-state index in [0.29, 0.717) is 5.56 Å². The number of hydrogen-bond acceptors (Lipinski definition) is 1. The van der Waals surface area contributed by atoms with Crippen LogP contribution in [0.5, 0.6) is 0 Å². The molecule has 3 nitrogen and oxygen atoms in total. The fraction of sp³-hybridized carbons (Fsp3) is 0.429. The molecule has 2 rings (SSSR count). The first-order valence-corrected chi connectivity index (χ1v) is 6.06. The predicted octanol–water partition coefficient (Wildman–Crippen LogP) is 2.23. The molecule has 1 aromatic carbocycles. The first kappa shape index (κ1) is 11.8. The van der Waals surface area contributed by atoms with Crippen LogP contribution in [0, 0.1) is 5.41 Å². The van der Waals surface area contributed by atoms with Crippen molar-refractivity contribution in [3.8, 4) is 0 Å². The van der Waals surface area contributed by atoms with Gasteiger partial charge in [-0.25, -0.2) is 0 Å². The lowest BCUT2D eigenvalue weighted by Crippen LogP contribution is -2.41. The Bertz CT molecular complexity index is 435. The molecule has 0 spiro atoms. The van der Waals surface area contributed by atoms with Crippen molar-refractivity contribution >= 4 is 12.1 Å². The van der Waals surface area contributed by atoms with Crippen molar-refractivity contribution in [2.24, 2.45) is 5.41 Å². The molecule has 1 aliphatic rings. The summed E-state index contributed by atoms with van der Waals surface area (Å²) in [5.41, 5.74) is 3.80. The molecule has 0 saturated carbocycles. The van der Waals surface area contributed by atoms with Crippen molar-refractivity contribution < 1.29 is 9.48 Å². The molecule has 1 aliphatic heterocycles. The number of rotatable bonds is 2. The van der Waals surface area contributed by atoms with E-state index in [4.69, 9.17) is 0 Å². The zero-order valence-corrected chi connectivity index (χ0v) is 10.4. The highest BCUT2D eigenvalue weighted by Crippen LogP contribution is 2.22. The van der Waals surface area contributed by atoms with Gasteiger partial charge in [0, 0.05) is 17.4 Å². The Morgan fingerprint density at radius 2 is 2.00 bits per heavy atom. The summed E-state index contributed by atoms with van der Waals surface area (Å²) in [7, 11) is 0. The van der Waals surface area contributed by atoms with E-state index in [1.54, 1.807) is 0 Å². The zero-order valence-electron chi connectivity index (χ0n) is 10.4. The van der Waals surface area contributed by atoms with Crippen molar-refractivity contribution in [2.45, 2.75) is 26.7 Å². The number of benzene rings is 1. The normalized spacial score (nSPS) is 18.4. The molecular weight excluding hydrogens is 212 g/mol. The van der Waals surface area contributed by atoms with Crippen LogP contribution in [0.3, 0.4) is 0 Å². The topological polar surface area (TPSA) is 32.1 Å². The molecule has 1 heterocycles. The van der Waals surface area contributed by atoms with Crippen LogP contribution in [0.4, 0.5) is 0 Å². The minimum Gasteiger partial charge on any atom is -0.264 e. The van der Waals surface area contributed by atoms with Crippen LogP contribution in [0.25, 0.3) is 0 Å². The summed E-state index contributed by atoms with van der Waals surface area (Å²) in [5.74, 6) is -0.0421. The van der Waals surface area contributed by atoms with E-state index in [2.05, 4.69) is 25.5 Å². The first-order valence-electron chi connectivity index (χ1n) is 6.06. The Labute approximate surface area is 102 Å². The lowest BCUT2D eigenvalue weighted by molar-refractivity contribution is -0.575. The quantitative estimate of drug-likeness (QED) is 0.778. The third-order valence-corrected chi connectivity index (χ3v) is 3.01. The third kappa shape index (κ3) is 3.16. The van der Waals surface area contributed by atoms with Crippen molar-refractivity contribution in [3.63, 3.8) is 0 Å². The maximum Gasteiger partial charge on any atom is 0.304 e. The van der Waals surface area contributed by atoms with Gasteiger partial charge in [0.25, 0.3) is 0 Å². The molecule has 0 unspecified atom stereocenters. The maximum absolute atomic E-state index is 12.0. The van der Waals surface area contributed by atoms with Crippen molar-refractivity contribution in [1.82, 2.24) is 5.43 Å². The number of amides is 1. The van der Waals surface area contributed by atoms with Gasteiger partial charge in [0.2, 0.25) is 0 Å². The van der Waals surface area contributed by atoms with Crippen molar-refractivity contribution in [1.29, 1.82) is 0 Å². The highest BCUT2D eigenvalue weighted by Gasteiger charge is 2.27. The predicted molar refractivity (Wildman–Crippen MR) is 68.1 cm³/mol. The summed E-state index contributed by atoms with van der Waals surface area (Å²) in [6.45, 7) is 5.27. The fourth-order valence-corrected chi connectivity index (χ4v) is 2.13. The van der Waals surface area contributed by atoms with Gasteiger partial charge in [0.1, 0.15) is 0 Å². The molecule has 1 aromatic rings. The Hall–Kier alpha value is -1.64. The van der Waals surface area contributed by atoms with Crippen molar-refractivity contribution in [3.05, 3.63) is 35.9 Å². The Kier molecular flexibility index (Phi) is 3.27. The van der Waals surface area contributed by atoms with E-state index in [1.807, 2.05) is 35.0 Å². The lowest BCUT2D eigenvalue weighted by atomic mass is 9.87. The maximum atomic E-state index is 12.0. The average Bonchev–Trinajstić information content (AvgIpc) is 2.29. The molecule has 0 aliphatic carbocycles. The van der Waals surface area contributed by atoms with Crippen LogP contribution < -0.4 is 5.43 Å². The van der Waals surface area contributed by atoms with Crippen LogP contribution in [0.1, 0.15) is 37.0 Å². The van der Waals surface area contributed by atoms with Gasteiger partial charge in [0.15, 0.2) is 12.8 Å². The van der Waals surface area contributed by atoms with Gasteiger partial charge in [-0.05, 0) is 18.6 Å². The number of hydrogen-bond donors (Lipinski definition) is 1. The smallest absolute Gasteiger partial charge is 0.264 e. The Morgan fingerprint density at radius 3 is 2.65 bits per heavy atom. The second kappa shape index (κ2) is 4.70. The van der Waals surface area contributed by atoms with Gasteiger partial charge in [-0.3, -0.25) is 4.79 Å². The second-order valence-corrected chi connectivity index (χ2v) is 5.22. The standard InChI is InChI=1S/C14H18N2O/c1-14(2)9-6-10-16(11-14)15-13(17)12-7-4-3-5-8-12/h3-5,7-8,11H,6,9-10H2,1-2H3/p+1. The van der Waals surface area contributed by atoms with E-state index in [1.165, 1.54) is 6.42 Å². The molecule has 17 heavy (non-hydrogen) atoms. The van der Waals surface area contributed by atoms with Gasteiger partial charge in [-0.1, -0.05) is 32.0 Å². The van der Waals surface area contributed by atoms with E-state index in [-0.39, 0.29) is 11.3 Å². The fourth-order valence-electron chi connectivity index (χ4n) is 2.13. The summed E-state index contributed by atoms with van der Waals surface area (Å²) in [6.07, 6.45) is 4.39. The lowest BCUT2D eigenvalue weighted by Gasteiger charge is -2.21. The summed E-state index contributed by atoms with van der Waals surface area (Å²) in [4.78, 5) is 12.0. The molecule has 1 amide bonds. The van der Waals surface area contributed by atoms with Gasteiger partial charge in [-0.2, -0.15) is 0 Å². The number of carbonyl (C=O) groups excluding carboxylic acids is 1. The molecule has 1 N–H and O–H groups in total. The van der Waals surface area contributed by atoms with E-state index in [0.717, 1.165) is 13.0 Å². The molecular formula is C14H19N2O+. The Morgan fingerprint density at radius 1 is 1.29 bits per heavy atom. The first-order chi connectivity index (χ1) is 8.07. The summed E-state index contributed by atoms with van der Waals surface area (Å²) in [5, 5.41) is 0. The molecule has 0 bridgehead atoms. The molecule has 0 atom stereocenters. The number of nitrogens with one attached hydrogen (secondary N) is 1. The van der Waals surface area contributed by atoms with Crippen LogP contribution in [0.2, 0.25) is 0 Å². The summed E-state index contributed by atoms with van der Waals surface area (Å²) < 4.78 is 1.92. The highest BCUT2D eigenvalue weighted by molar-refractivity contribution is 5.93. The summed E-state index contributed by atoms with van der Waals surface area (Å²) >= 11 is 0. The molecule has 0 radical (unpaired) electrons. The number of hydrazine groups is 1. The van der Waals surface area contributed by atoms with Gasteiger partial charge >= 0.3 is 5.91 Å². The van der Waals surface area contributed by atoms with Crippen LogP contribution >= 0.6 is 0 Å². The van der Waals surface area contributed by atoms with E-state index >= 15 is 0 Å². The molecule has 0 aromatic heterocycles. The third-order valence-electron chi connectivity index (χ3n) is 3.01. The van der Waals surface area contributed by atoms with Crippen LogP contribution in [-0.4, -0.2) is 23.4 Å². The number of nitrogens with zero attached hydrogens (tertiary/aromatic N) is 1.